The number of anilines is 1. The van der Waals surface area contributed by atoms with Crippen molar-refractivity contribution >= 4 is 15.7 Å². The van der Waals surface area contributed by atoms with Crippen LogP contribution in [0.3, 0.4) is 0 Å². The van der Waals surface area contributed by atoms with Crippen LogP contribution in [0.2, 0.25) is 0 Å². The molecule has 0 fully saturated rings. The third kappa shape index (κ3) is 2.34. The summed E-state index contributed by atoms with van der Waals surface area (Å²) < 4.78 is 27.3. The highest BCUT2D eigenvalue weighted by molar-refractivity contribution is 7.92. The highest BCUT2D eigenvalue weighted by atomic mass is 32.2. The van der Waals surface area contributed by atoms with Crippen LogP contribution in [0, 0.1) is 20.8 Å². The second-order valence-electron chi connectivity index (χ2n) is 4.24. The van der Waals surface area contributed by atoms with Crippen molar-refractivity contribution in [1.82, 2.24) is 20.4 Å². The molecule has 2 aromatic rings. The Balaban J connectivity index is 2.47. The number of hydrogen-bond donors (Lipinski definition) is 4. The Bertz CT molecular complexity index is 680. The molecule has 0 saturated carbocycles. The summed E-state index contributed by atoms with van der Waals surface area (Å²) in [6.45, 7) is 5.14. The molecular weight excluding hydrogens is 268 g/mol. The highest BCUT2D eigenvalue weighted by Gasteiger charge is 2.25. The summed E-state index contributed by atoms with van der Waals surface area (Å²) >= 11 is 0. The number of nitrogens with zero attached hydrogens (tertiary/aromatic N) is 2. The normalized spacial score (nSPS) is 11.8. The van der Waals surface area contributed by atoms with Gasteiger partial charge in [-0.15, -0.1) is 0 Å². The molecule has 0 bridgehead atoms. The number of aromatic amines is 2. The lowest BCUT2D eigenvalue weighted by atomic mass is 10.3. The van der Waals surface area contributed by atoms with Gasteiger partial charge < -0.3 is 5.73 Å². The zero-order valence-corrected chi connectivity index (χ0v) is 11.7. The van der Waals surface area contributed by atoms with E-state index in [1.165, 1.54) is 0 Å². The summed E-state index contributed by atoms with van der Waals surface area (Å²) in [5.41, 5.74) is 7.94. The molecular formula is C10H16N6O2S. The summed E-state index contributed by atoms with van der Waals surface area (Å²) in [6, 6.07) is 0. The van der Waals surface area contributed by atoms with Gasteiger partial charge in [0.15, 0.2) is 0 Å². The quantitative estimate of drug-likeness (QED) is 0.642. The lowest BCUT2D eigenvalue weighted by Crippen LogP contribution is -2.17. The molecule has 0 saturated heterocycles. The highest BCUT2D eigenvalue weighted by Crippen LogP contribution is 2.24. The summed E-state index contributed by atoms with van der Waals surface area (Å²) in [4.78, 5) is 0.0926. The van der Waals surface area contributed by atoms with Gasteiger partial charge in [-0.1, -0.05) is 0 Å². The molecule has 2 rings (SSSR count). The molecule has 0 aliphatic heterocycles. The van der Waals surface area contributed by atoms with Crippen molar-refractivity contribution in [3.05, 3.63) is 22.8 Å². The average Bonchev–Trinajstić information content (AvgIpc) is 2.86. The Morgan fingerprint density at radius 3 is 2.32 bits per heavy atom. The average molecular weight is 284 g/mol. The molecule has 5 N–H and O–H groups in total. The molecule has 9 heteroatoms. The molecule has 19 heavy (non-hydrogen) atoms. The number of nitrogens with two attached hydrogens (primary N) is 1. The van der Waals surface area contributed by atoms with Crippen LogP contribution in [-0.2, 0) is 16.6 Å². The smallest absolute Gasteiger partial charge is 0.265 e. The molecule has 104 valence electrons. The van der Waals surface area contributed by atoms with Gasteiger partial charge in [-0.2, -0.15) is 10.2 Å². The first kappa shape index (κ1) is 13.6. The SMILES string of the molecule is Cc1n[nH]c(C)c1NS(=O)(=O)c1c(CN)n[nH]c1C. The molecule has 0 unspecified atom stereocenters. The van der Waals surface area contributed by atoms with Crippen LogP contribution >= 0.6 is 0 Å². The zero-order chi connectivity index (χ0) is 14.2. The van der Waals surface area contributed by atoms with E-state index < -0.39 is 10.0 Å². The van der Waals surface area contributed by atoms with Gasteiger partial charge in [0.05, 0.1) is 28.5 Å². The van der Waals surface area contributed by atoms with E-state index in [9.17, 15) is 8.42 Å². The van der Waals surface area contributed by atoms with Gasteiger partial charge in [0.1, 0.15) is 4.90 Å². The summed E-state index contributed by atoms with van der Waals surface area (Å²) in [5, 5.41) is 13.2. The van der Waals surface area contributed by atoms with Crippen LogP contribution in [0.5, 0.6) is 0 Å². The first-order valence-electron chi connectivity index (χ1n) is 5.65. The van der Waals surface area contributed by atoms with Gasteiger partial charge in [-0.05, 0) is 20.8 Å². The number of rotatable bonds is 4. The minimum Gasteiger partial charge on any atom is -0.325 e. The predicted molar refractivity (Wildman–Crippen MR) is 70.1 cm³/mol. The topological polar surface area (TPSA) is 130 Å². The molecule has 2 heterocycles. The number of sulfonamides is 1. The van der Waals surface area contributed by atoms with Crippen molar-refractivity contribution in [3.8, 4) is 0 Å². The molecule has 0 amide bonds. The summed E-state index contributed by atoms with van der Waals surface area (Å²) in [6.07, 6.45) is 0. The Kier molecular flexibility index (Phi) is 3.33. The summed E-state index contributed by atoms with van der Waals surface area (Å²) in [5.74, 6) is 0. The first-order chi connectivity index (χ1) is 8.86. The third-order valence-electron chi connectivity index (χ3n) is 2.79. The summed E-state index contributed by atoms with van der Waals surface area (Å²) in [7, 11) is -3.74. The minimum atomic E-state index is -3.74. The van der Waals surface area contributed by atoms with E-state index in [0.29, 0.717) is 28.5 Å². The van der Waals surface area contributed by atoms with Crippen LogP contribution in [0.1, 0.15) is 22.8 Å². The maximum absolute atomic E-state index is 12.4. The molecule has 0 aromatic carbocycles. The number of H-pyrrole nitrogens is 2. The zero-order valence-electron chi connectivity index (χ0n) is 10.9. The number of nitrogens with one attached hydrogen (secondary N) is 3. The van der Waals surface area contributed by atoms with Crippen LogP contribution in [0.4, 0.5) is 5.69 Å². The van der Waals surface area contributed by atoms with E-state index in [2.05, 4.69) is 25.1 Å². The van der Waals surface area contributed by atoms with E-state index in [1.807, 2.05) is 0 Å². The van der Waals surface area contributed by atoms with Crippen LogP contribution < -0.4 is 10.5 Å². The molecule has 8 nitrogen and oxygen atoms in total. The van der Waals surface area contributed by atoms with Crippen molar-refractivity contribution in [2.24, 2.45) is 5.73 Å². The molecule has 2 aromatic heterocycles. The predicted octanol–water partition coefficient (Wildman–Crippen LogP) is 0.318. The second kappa shape index (κ2) is 4.67. The van der Waals surface area contributed by atoms with E-state index in [-0.39, 0.29) is 11.4 Å². The van der Waals surface area contributed by atoms with E-state index in [4.69, 9.17) is 5.73 Å². The fourth-order valence-corrected chi connectivity index (χ4v) is 3.41. The van der Waals surface area contributed by atoms with E-state index in [1.54, 1.807) is 20.8 Å². The molecule has 0 aliphatic carbocycles. The van der Waals surface area contributed by atoms with Gasteiger partial charge in [0.2, 0.25) is 0 Å². The van der Waals surface area contributed by atoms with Crippen molar-refractivity contribution < 1.29 is 8.42 Å². The van der Waals surface area contributed by atoms with Crippen molar-refractivity contribution in [2.75, 3.05) is 4.72 Å². The first-order valence-corrected chi connectivity index (χ1v) is 7.13. The van der Waals surface area contributed by atoms with Crippen LogP contribution in [-0.4, -0.2) is 28.8 Å². The number of hydrogen-bond acceptors (Lipinski definition) is 5. The Hall–Kier alpha value is -1.87. The number of aromatic nitrogens is 4. The van der Waals surface area contributed by atoms with Gasteiger partial charge in [0, 0.05) is 6.54 Å². The Labute approximate surface area is 110 Å². The maximum Gasteiger partial charge on any atom is 0.265 e. The van der Waals surface area contributed by atoms with Crippen molar-refractivity contribution in [2.45, 2.75) is 32.2 Å². The second-order valence-corrected chi connectivity index (χ2v) is 5.86. The Morgan fingerprint density at radius 2 is 1.79 bits per heavy atom. The lowest BCUT2D eigenvalue weighted by Gasteiger charge is -2.08. The van der Waals surface area contributed by atoms with Gasteiger partial charge in [0.25, 0.3) is 10.0 Å². The monoisotopic (exact) mass is 284 g/mol. The largest absolute Gasteiger partial charge is 0.325 e. The molecule has 0 aliphatic rings. The van der Waals surface area contributed by atoms with Crippen molar-refractivity contribution in [3.63, 3.8) is 0 Å². The Morgan fingerprint density at radius 1 is 1.16 bits per heavy atom. The fraction of sp³-hybridized carbons (Fsp3) is 0.400. The molecule has 0 spiro atoms. The van der Waals surface area contributed by atoms with Crippen LogP contribution in [0.15, 0.2) is 4.90 Å². The molecule has 0 atom stereocenters. The lowest BCUT2D eigenvalue weighted by molar-refractivity contribution is 0.599. The van der Waals surface area contributed by atoms with Crippen LogP contribution in [0.25, 0.3) is 0 Å². The van der Waals surface area contributed by atoms with Gasteiger partial charge in [-0.25, -0.2) is 8.42 Å². The number of aryl methyl sites for hydroxylation is 3. The van der Waals surface area contributed by atoms with Gasteiger partial charge >= 0.3 is 0 Å². The van der Waals surface area contributed by atoms with E-state index >= 15 is 0 Å². The molecule has 0 radical (unpaired) electrons. The third-order valence-corrected chi connectivity index (χ3v) is 4.34. The minimum absolute atomic E-state index is 0.0456. The fourth-order valence-electron chi connectivity index (χ4n) is 1.85. The van der Waals surface area contributed by atoms with E-state index in [0.717, 1.165) is 0 Å². The van der Waals surface area contributed by atoms with Gasteiger partial charge in [-0.3, -0.25) is 14.9 Å². The standard InChI is InChI=1S/C10H16N6O2S/c1-5-9(6(2)13-12-5)16-19(17,18)10-7(3)14-15-8(10)4-11/h16H,4,11H2,1-3H3,(H,12,13)(H,14,15). The van der Waals surface area contributed by atoms with Crippen molar-refractivity contribution in [1.29, 1.82) is 0 Å². The maximum atomic E-state index is 12.4.